The van der Waals surface area contributed by atoms with Gasteiger partial charge in [0.05, 0.1) is 11.4 Å². The monoisotopic (exact) mass is 240 g/mol. The fraction of sp³-hybridized carbons (Fsp3) is 0.600. The fourth-order valence-electron chi connectivity index (χ4n) is 1.37. The number of hydrazine groups is 1. The summed E-state index contributed by atoms with van der Waals surface area (Å²) in [6.45, 7) is 3.26. The molecule has 4 N–H and O–H groups in total. The molecule has 7 heteroatoms. The third kappa shape index (κ3) is 4.41. The molecule has 0 bridgehead atoms. The van der Waals surface area contributed by atoms with Gasteiger partial charge in [0, 0.05) is 33.5 Å². The normalized spacial score (nSPS) is 11.6. The number of nitrogens with one attached hydrogen (secondary N) is 2. The summed E-state index contributed by atoms with van der Waals surface area (Å²) in [6, 6.07) is 0. The number of aryl methyl sites for hydroxylation is 2. The molecule has 7 nitrogen and oxygen atoms in total. The molecule has 0 amide bonds. The van der Waals surface area contributed by atoms with Crippen molar-refractivity contribution in [1.82, 2.24) is 15.2 Å². The highest BCUT2D eigenvalue weighted by Gasteiger charge is 2.04. The molecule has 0 aliphatic rings. The molecule has 1 heterocycles. The summed E-state index contributed by atoms with van der Waals surface area (Å²) < 4.78 is 6.68. The largest absolute Gasteiger partial charge is 0.385 e. The van der Waals surface area contributed by atoms with Gasteiger partial charge in [-0.2, -0.15) is 5.10 Å². The van der Waals surface area contributed by atoms with Crippen molar-refractivity contribution in [3.8, 4) is 0 Å². The lowest BCUT2D eigenvalue weighted by molar-refractivity contribution is 0.197. The molecular formula is C10H20N6O. The van der Waals surface area contributed by atoms with E-state index < -0.39 is 0 Å². The first-order valence-corrected chi connectivity index (χ1v) is 5.44. The second-order valence-electron chi connectivity index (χ2n) is 3.65. The van der Waals surface area contributed by atoms with Gasteiger partial charge in [-0.1, -0.05) is 0 Å². The Kier molecular flexibility index (Phi) is 5.44. The number of ether oxygens (including phenoxy) is 1. The van der Waals surface area contributed by atoms with E-state index in [0.29, 0.717) is 19.1 Å². The number of hydrogen-bond donors (Lipinski definition) is 3. The van der Waals surface area contributed by atoms with Gasteiger partial charge in [0.1, 0.15) is 0 Å². The van der Waals surface area contributed by atoms with E-state index in [-0.39, 0.29) is 0 Å². The molecule has 0 radical (unpaired) electrons. The minimum absolute atomic E-state index is 0.525. The standard InChI is InChI=1S/C10H20N6O/c1-8-9(7-16(2)15-8)13-10(14-11)12-5-4-6-17-3/h7H,4-6,11H2,1-3H3,(H2,12,13,14). The minimum atomic E-state index is 0.525. The number of methoxy groups -OCH3 is 1. The van der Waals surface area contributed by atoms with Crippen LogP contribution in [0.25, 0.3) is 0 Å². The highest BCUT2D eigenvalue weighted by Crippen LogP contribution is 2.10. The second-order valence-corrected chi connectivity index (χ2v) is 3.65. The molecule has 1 rings (SSSR count). The van der Waals surface area contributed by atoms with Crippen LogP contribution in [0.4, 0.5) is 5.69 Å². The molecule has 0 saturated carbocycles. The third-order valence-corrected chi connectivity index (χ3v) is 2.18. The van der Waals surface area contributed by atoms with Gasteiger partial charge in [-0.25, -0.2) is 5.84 Å². The maximum Gasteiger partial charge on any atom is 0.210 e. The second kappa shape index (κ2) is 6.87. The van der Waals surface area contributed by atoms with Gasteiger partial charge < -0.3 is 10.1 Å². The number of nitrogens with zero attached hydrogens (tertiary/aromatic N) is 3. The van der Waals surface area contributed by atoms with E-state index in [9.17, 15) is 0 Å². The van der Waals surface area contributed by atoms with Crippen molar-refractivity contribution in [2.75, 3.05) is 25.6 Å². The maximum absolute atomic E-state index is 5.39. The van der Waals surface area contributed by atoms with Crippen molar-refractivity contribution in [3.63, 3.8) is 0 Å². The van der Waals surface area contributed by atoms with Crippen molar-refractivity contribution in [3.05, 3.63) is 11.9 Å². The summed E-state index contributed by atoms with van der Waals surface area (Å²) in [6.07, 6.45) is 2.73. The first-order valence-electron chi connectivity index (χ1n) is 5.44. The minimum Gasteiger partial charge on any atom is -0.385 e. The smallest absolute Gasteiger partial charge is 0.210 e. The Morgan fingerprint density at radius 3 is 2.94 bits per heavy atom. The van der Waals surface area contributed by atoms with Crippen LogP contribution in [-0.4, -0.2) is 36.0 Å². The number of anilines is 1. The number of guanidine groups is 1. The third-order valence-electron chi connectivity index (χ3n) is 2.18. The lowest BCUT2D eigenvalue weighted by atomic mass is 10.4. The molecule has 1 aromatic rings. The van der Waals surface area contributed by atoms with E-state index in [1.54, 1.807) is 11.8 Å². The molecule has 17 heavy (non-hydrogen) atoms. The van der Waals surface area contributed by atoms with Crippen LogP contribution in [0.5, 0.6) is 0 Å². The van der Waals surface area contributed by atoms with Crippen LogP contribution in [0.3, 0.4) is 0 Å². The molecule has 0 spiro atoms. The fourth-order valence-corrected chi connectivity index (χ4v) is 1.37. The summed E-state index contributed by atoms with van der Waals surface area (Å²) in [5.41, 5.74) is 4.31. The number of nitrogens with two attached hydrogens (primary N) is 1. The summed E-state index contributed by atoms with van der Waals surface area (Å²) in [5.74, 6) is 5.92. The molecular weight excluding hydrogens is 220 g/mol. The zero-order valence-corrected chi connectivity index (χ0v) is 10.5. The van der Waals surface area contributed by atoms with Crippen molar-refractivity contribution < 1.29 is 4.74 Å². The Labute approximate surface area is 101 Å². The van der Waals surface area contributed by atoms with Crippen molar-refractivity contribution in [1.29, 1.82) is 0 Å². The zero-order chi connectivity index (χ0) is 12.7. The first kappa shape index (κ1) is 13.5. The van der Waals surface area contributed by atoms with Crippen LogP contribution in [-0.2, 0) is 11.8 Å². The van der Waals surface area contributed by atoms with Crippen LogP contribution in [0.2, 0.25) is 0 Å². The molecule has 0 aliphatic carbocycles. The molecule has 0 atom stereocenters. The van der Waals surface area contributed by atoms with E-state index in [4.69, 9.17) is 10.6 Å². The molecule has 0 aliphatic heterocycles. The van der Waals surface area contributed by atoms with Gasteiger partial charge in [0.25, 0.3) is 0 Å². The van der Waals surface area contributed by atoms with E-state index in [1.807, 2.05) is 20.2 Å². The average Bonchev–Trinajstić information content (AvgIpc) is 2.61. The van der Waals surface area contributed by atoms with Crippen LogP contribution in [0, 0.1) is 6.92 Å². The molecule has 1 aromatic heterocycles. The Morgan fingerprint density at radius 2 is 2.41 bits per heavy atom. The topological polar surface area (TPSA) is 89.5 Å². The summed E-state index contributed by atoms with van der Waals surface area (Å²) in [5, 5.41) is 7.30. The molecule has 0 fully saturated rings. The quantitative estimate of drug-likeness (QED) is 0.221. The number of aromatic nitrogens is 2. The molecule has 0 aromatic carbocycles. The highest BCUT2D eigenvalue weighted by atomic mass is 16.5. The van der Waals surface area contributed by atoms with E-state index in [0.717, 1.165) is 17.8 Å². The first-order chi connectivity index (χ1) is 8.17. The van der Waals surface area contributed by atoms with Crippen LogP contribution < -0.4 is 16.6 Å². The van der Waals surface area contributed by atoms with Gasteiger partial charge in [-0.15, -0.1) is 0 Å². The predicted molar refractivity (Wildman–Crippen MR) is 67.7 cm³/mol. The lowest BCUT2D eigenvalue weighted by Crippen LogP contribution is -2.36. The highest BCUT2D eigenvalue weighted by molar-refractivity contribution is 5.93. The number of aliphatic imine (C=N–C) groups is 1. The van der Waals surface area contributed by atoms with Crippen molar-refractivity contribution in [2.24, 2.45) is 17.9 Å². The van der Waals surface area contributed by atoms with Crippen molar-refractivity contribution >= 4 is 11.6 Å². The summed E-state index contributed by atoms with van der Waals surface area (Å²) in [7, 11) is 3.53. The van der Waals surface area contributed by atoms with Gasteiger partial charge in [0.2, 0.25) is 5.96 Å². The number of hydrogen-bond acceptors (Lipinski definition) is 4. The Bertz CT molecular complexity index is 373. The van der Waals surface area contributed by atoms with Crippen LogP contribution in [0.1, 0.15) is 12.1 Å². The molecule has 96 valence electrons. The summed E-state index contributed by atoms with van der Waals surface area (Å²) >= 11 is 0. The van der Waals surface area contributed by atoms with E-state index in [2.05, 4.69) is 20.8 Å². The van der Waals surface area contributed by atoms with Gasteiger partial charge in [-0.05, 0) is 13.3 Å². The van der Waals surface area contributed by atoms with Crippen molar-refractivity contribution in [2.45, 2.75) is 13.3 Å². The Morgan fingerprint density at radius 1 is 1.65 bits per heavy atom. The average molecular weight is 240 g/mol. The number of rotatable bonds is 5. The van der Waals surface area contributed by atoms with Gasteiger partial charge >= 0.3 is 0 Å². The Balaban J connectivity index is 2.54. The maximum atomic E-state index is 5.39. The van der Waals surface area contributed by atoms with Gasteiger partial charge in [0.15, 0.2) is 0 Å². The molecule has 0 saturated heterocycles. The van der Waals surface area contributed by atoms with Crippen LogP contribution in [0.15, 0.2) is 11.2 Å². The van der Waals surface area contributed by atoms with E-state index >= 15 is 0 Å². The van der Waals surface area contributed by atoms with E-state index in [1.165, 1.54) is 0 Å². The zero-order valence-electron chi connectivity index (χ0n) is 10.5. The van der Waals surface area contributed by atoms with Gasteiger partial charge in [-0.3, -0.25) is 15.1 Å². The predicted octanol–water partition coefficient (Wildman–Crippen LogP) is -0.00378. The summed E-state index contributed by atoms with van der Waals surface area (Å²) in [4.78, 5) is 4.28. The lowest BCUT2D eigenvalue weighted by Gasteiger charge is -2.07. The Hall–Kier alpha value is -1.60. The SMILES string of the molecule is COCCCN=C(NN)Nc1cn(C)nc1C. The van der Waals surface area contributed by atoms with Crippen LogP contribution >= 0.6 is 0 Å². The molecule has 0 unspecified atom stereocenters.